The van der Waals surface area contributed by atoms with Crippen molar-refractivity contribution in [1.82, 2.24) is 0 Å². The summed E-state index contributed by atoms with van der Waals surface area (Å²) in [6.07, 6.45) is 4.81. The highest BCUT2D eigenvalue weighted by molar-refractivity contribution is 5.96. The second-order valence-electron chi connectivity index (χ2n) is 13.7. The molecule has 4 aromatic rings. The molecule has 1 aliphatic rings. The van der Waals surface area contributed by atoms with Crippen molar-refractivity contribution in [3.05, 3.63) is 143 Å². The van der Waals surface area contributed by atoms with Gasteiger partial charge in [0.15, 0.2) is 5.78 Å². The van der Waals surface area contributed by atoms with E-state index in [2.05, 4.69) is 144 Å². The van der Waals surface area contributed by atoms with E-state index in [1.165, 1.54) is 39.2 Å². The molecule has 0 radical (unpaired) electrons. The van der Waals surface area contributed by atoms with Crippen LogP contribution in [0.3, 0.4) is 0 Å². The number of para-hydroxylation sites is 2. The molecule has 0 amide bonds. The molecular weight excluding hydrogens is 548 g/mol. The topological polar surface area (TPSA) is 23.6 Å². The Morgan fingerprint density at radius 1 is 0.533 bits per heavy atom. The van der Waals surface area contributed by atoms with Crippen LogP contribution in [0.15, 0.2) is 109 Å². The van der Waals surface area contributed by atoms with Gasteiger partial charge in [-0.05, 0) is 51.5 Å². The maximum Gasteiger partial charge on any atom is 0.163 e. The Kier molecular flexibility index (Phi) is 9.97. The van der Waals surface area contributed by atoms with Crippen molar-refractivity contribution in [3.63, 3.8) is 0 Å². The van der Waals surface area contributed by atoms with Gasteiger partial charge in [-0.15, -0.1) is 0 Å². The maximum absolute atomic E-state index is 14.1. The van der Waals surface area contributed by atoms with E-state index in [0.29, 0.717) is 30.1 Å². The van der Waals surface area contributed by atoms with Crippen LogP contribution in [0.25, 0.3) is 0 Å². The van der Waals surface area contributed by atoms with Crippen LogP contribution < -0.4 is 9.80 Å². The van der Waals surface area contributed by atoms with Gasteiger partial charge in [0.25, 0.3) is 0 Å². The minimum atomic E-state index is -0.144. The fourth-order valence-electron chi connectivity index (χ4n) is 6.91. The lowest BCUT2D eigenvalue weighted by molar-refractivity contribution is 0.0970. The molecule has 0 fully saturated rings. The van der Waals surface area contributed by atoms with Gasteiger partial charge in [-0.3, -0.25) is 4.79 Å². The van der Waals surface area contributed by atoms with Crippen LogP contribution in [-0.2, 0) is 0 Å². The van der Waals surface area contributed by atoms with Gasteiger partial charge in [0.2, 0.25) is 0 Å². The van der Waals surface area contributed by atoms with Crippen LogP contribution in [0.5, 0.6) is 0 Å². The Labute approximate surface area is 271 Å². The van der Waals surface area contributed by atoms with Crippen LogP contribution in [0.2, 0.25) is 0 Å². The van der Waals surface area contributed by atoms with E-state index in [1.54, 1.807) is 0 Å². The number of carbonyl (C=O) groups is 1. The molecule has 0 aromatic heterocycles. The number of hydrogen-bond donors (Lipinski definition) is 0. The van der Waals surface area contributed by atoms with Gasteiger partial charge in [0.1, 0.15) is 6.17 Å². The fraction of sp³-hybridized carbons (Fsp3) is 0.357. The van der Waals surface area contributed by atoms with Crippen molar-refractivity contribution in [2.45, 2.75) is 97.6 Å². The van der Waals surface area contributed by atoms with Crippen molar-refractivity contribution in [3.8, 4) is 0 Å². The summed E-state index contributed by atoms with van der Waals surface area (Å²) in [7, 11) is 0. The Balaban J connectivity index is 1.79. The molecule has 0 aliphatic carbocycles. The molecule has 1 atom stereocenters. The van der Waals surface area contributed by atoms with Gasteiger partial charge in [-0.2, -0.15) is 0 Å². The minimum absolute atomic E-state index is 0.102. The largest absolute Gasteiger partial charge is 0.324 e. The van der Waals surface area contributed by atoms with E-state index in [4.69, 9.17) is 0 Å². The van der Waals surface area contributed by atoms with Crippen molar-refractivity contribution < 1.29 is 4.79 Å². The molecular formula is C42H50N2O. The van der Waals surface area contributed by atoms with Crippen LogP contribution >= 0.6 is 0 Å². The molecule has 1 heterocycles. The van der Waals surface area contributed by atoms with Gasteiger partial charge in [0.05, 0.1) is 0 Å². The lowest BCUT2D eigenvalue weighted by Crippen LogP contribution is -2.45. The molecule has 0 saturated carbocycles. The fourth-order valence-corrected chi connectivity index (χ4v) is 6.91. The van der Waals surface area contributed by atoms with E-state index < -0.39 is 0 Å². The van der Waals surface area contributed by atoms with Gasteiger partial charge in [-0.25, -0.2) is 0 Å². The zero-order valence-corrected chi connectivity index (χ0v) is 28.4. The van der Waals surface area contributed by atoms with E-state index in [0.717, 1.165) is 5.56 Å². The Hall–Kier alpha value is -4.11. The SMILES string of the molecule is CC(C)c1cccc(C(C)C)c1N1C=CN(c2c(C(C)C)cccc2C(C)C)C1C(CC(=O)c1ccccc1)c1ccccc1. The molecule has 5 rings (SSSR count). The third-order valence-electron chi connectivity index (χ3n) is 9.25. The molecule has 0 spiro atoms. The molecule has 1 unspecified atom stereocenters. The summed E-state index contributed by atoms with van der Waals surface area (Å²) in [5.41, 5.74) is 9.81. The summed E-state index contributed by atoms with van der Waals surface area (Å²) >= 11 is 0. The monoisotopic (exact) mass is 598 g/mol. The molecule has 3 nitrogen and oxygen atoms in total. The van der Waals surface area contributed by atoms with Crippen LogP contribution in [0.4, 0.5) is 11.4 Å². The summed E-state index contributed by atoms with van der Waals surface area (Å²) in [5, 5.41) is 0. The van der Waals surface area contributed by atoms with Gasteiger partial charge in [-0.1, -0.05) is 152 Å². The molecule has 0 bridgehead atoms. The van der Waals surface area contributed by atoms with E-state index in [1.807, 2.05) is 30.3 Å². The standard InChI is InChI=1S/C42H50N2O/c1-28(2)34-21-15-22-35(29(3)4)40(34)43-25-26-44(41-36(30(5)6)23-16-24-37(41)31(7)8)42(43)38(32-17-11-9-12-18-32)27-39(45)33-19-13-10-14-20-33/h9-26,28-31,38,42H,27H2,1-8H3. The molecule has 0 N–H and O–H groups in total. The highest BCUT2D eigenvalue weighted by Crippen LogP contribution is 2.47. The van der Waals surface area contributed by atoms with Crippen LogP contribution in [0.1, 0.15) is 130 Å². The summed E-state index contributed by atoms with van der Waals surface area (Å²) in [6, 6.07) is 34.0. The zero-order valence-electron chi connectivity index (χ0n) is 28.4. The highest BCUT2D eigenvalue weighted by atomic mass is 16.1. The number of carbonyl (C=O) groups excluding carboxylic acids is 1. The number of anilines is 2. The smallest absolute Gasteiger partial charge is 0.163 e. The number of nitrogens with zero attached hydrogens (tertiary/aromatic N) is 2. The quantitative estimate of drug-likeness (QED) is 0.160. The third kappa shape index (κ3) is 6.64. The van der Waals surface area contributed by atoms with Crippen molar-refractivity contribution in [2.24, 2.45) is 0 Å². The first kappa shape index (κ1) is 32.3. The second kappa shape index (κ2) is 13.9. The first-order valence-corrected chi connectivity index (χ1v) is 16.7. The van der Waals surface area contributed by atoms with Crippen LogP contribution in [0, 0.1) is 0 Å². The predicted molar refractivity (Wildman–Crippen MR) is 192 cm³/mol. The average molecular weight is 599 g/mol. The summed E-state index contributed by atoms with van der Waals surface area (Å²) in [6.45, 7) is 18.3. The molecule has 0 saturated heterocycles. The summed E-state index contributed by atoms with van der Waals surface area (Å²) in [5.74, 6) is 1.44. The van der Waals surface area contributed by atoms with Gasteiger partial charge >= 0.3 is 0 Å². The number of rotatable bonds is 11. The van der Waals surface area contributed by atoms with E-state index >= 15 is 0 Å². The lowest BCUT2D eigenvalue weighted by atomic mass is 9.85. The summed E-state index contributed by atoms with van der Waals surface area (Å²) < 4.78 is 0. The first-order valence-electron chi connectivity index (χ1n) is 16.7. The molecule has 234 valence electrons. The maximum atomic E-state index is 14.1. The molecule has 1 aliphatic heterocycles. The second-order valence-corrected chi connectivity index (χ2v) is 13.7. The number of benzene rings is 4. The first-order chi connectivity index (χ1) is 21.6. The number of hydrogen-bond acceptors (Lipinski definition) is 3. The lowest BCUT2D eigenvalue weighted by Gasteiger charge is -2.42. The van der Waals surface area contributed by atoms with Crippen molar-refractivity contribution in [1.29, 1.82) is 0 Å². The Morgan fingerprint density at radius 2 is 0.911 bits per heavy atom. The highest BCUT2D eigenvalue weighted by Gasteiger charge is 2.41. The minimum Gasteiger partial charge on any atom is -0.324 e. The number of Topliss-reactive ketones (excluding diaryl/α,β-unsaturated/α-hetero) is 1. The van der Waals surface area contributed by atoms with Gasteiger partial charge in [0, 0.05) is 41.7 Å². The van der Waals surface area contributed by atoms with Crippen LogP contribution in [-0.4, -0.2) is 11.9 Å². The molecule has 45 heavy (non-hydrogen) atoms. The van der Waals surface area contributed by atoms with Crippen molar-refractivity contribution in [2.75, 3.05) is 9.80 Å². The van der Waals surface area contributed by atoms with E-state index in [9.17, 15) is 4.79 Å². The Morgan fingerprint density at radius 3 is 1.29 bits per heavy atom. The molecule has 3 heteroatoms. The van der Waals surface area contributed by atoms with Gasteiger partial charge < -0.3 is 9.80 Å². The molecule has 4 aromatic carbocycles. The van der Waals surface area contributed by atoms with Crippen molar-refractivity contribution >= 4 is 17.2 Å². The number of ketones is 1. The Bertz CT molecular complexity index is 1490. The normalized spacial score (nSPS) is 14.4. The average Bonchev–Trinajstić information content (AvgIpc) is 3.47. The van der Waals surface area contributed by atoms with E-state index in [-0.39, 0.29) is 17.9 Å². The third-order valence-corrected chi connectivity index (χ3v) is 9.25. The predicted octanol–water partition coefficient (Wildman–Crippen LogP) is 11.4. The zero-order chi connectivity index (χ0) is 32.2. The summed E-state index contributed by atoms with van der Waals surface area (Å²) in [4.78, 5) is 19.1.